The maximum absolute atomic E-state index is 11.1. The monoisotopic (exact) mass is 343 g/mol. The van der Waals surface area contributed by atoms with Gasteiger partial charge in [0.25, 0.3) is 5.69 Å². The number of benzene rings is 1. The van der Waals surface area contributed by atoms with Crippen molar-refractivity contribution in [2.24, 2.45) is 0 Å². The molecule has 0 saturated carbocycles. The third kappa shape index (κ3) is 2.96. The zero-order chi connectivity index (χ0) is 16.1. The molecule has 2 heterocycles. The highest BCUT2D eigenvalue weighted by Crippen LogP contribution is 2.46. The van der Waals surface area contributed by atoms with E-state index in [9.17, 15) is 15.2 Å². The number of anilines is 1. The van der Waals surface area contributed by atoms with Gasteiger partial charge in [0.15, 0.2) is 0 Å². The van der Waals surface area contributed by atoms with Crippen LogP contribution in [0.4, 0.5) is 11.4 Å². The van der Waals surface area contributed by atoms with Gasteiger partial charge in [-0.25, -0.2) is 0 Å². The second-order valence-electron chi connectivity index (χ2n) is 6.54. The number of nitrogens with zero attached hydrogens (tertiary/aromatic N) is 2. The quantitative estimate of drug-likeness (QED) is 0.485. The second-order valence-corrected chi connectivity index (χ2v) is 6.54. The van der Waals surface area contributed by atoms with Crippen LogP contribution in [-0.2, 0) is 0 Å². The number of nitro groups is 1. The van der Waals surface area contributed by atoms with Crippen LogP contribution in [0.1, 0.15) is 38.3 Å². The van der Waals surface area contributed by atoms with Crippen LogP contribution in [0.5, 0.6) is 5.75 Å². The molecule has 2 aliphatic heterocycles. The van der Waals surface area contributed by atoms with Gasteiger partial charge in [0.2, 0.25) is 0 Å². The van der Waals surface area contributed by atoms with Crippen molar-refractivity contribution in [1.29, 1.82) is 0 Å². The number of rotatable bonds is 2. The van der Waals surface area contributed by atoms with E-state index in [0.717, 1.165) is 31.5 Å². The van der Waals surface area contributed by atoms with Crippen molar-refractivity contribution in [3.8, 4) is 5.75 Å². The number of hydrogen-bond acceptors (Lipinski definition) is 6. The molecule has 23 heavy (non-hydrogen) atoms. The molecule has 1 aromatic carbocycles. The van der Waals surface area contributed by atoms with Crippen LogP contribution in [0.25, 0.3) is 0 Å². The first-order valence-corrected chi connectivity index (χ1v) is 7.50. The van der Waals surface area contributed by atoms with Gasteiger partial charge in [-0.1, -0.05) is 0 Å². The highest BCUT2D eigenvalue weighted by atomic mass is 35.5. The molecular formula is C15H22ClN3O4. The number of ether oxygens (including phenoxy) is 1. The number of aliphatic hydroxyl groups is 1. The Kier molecular flexibility index (Phi) is 4.75. The molecule has 0 amide bonds. The summed E-state index contributed by atoms with van der Waals surface area (Å²) in [5.41, 5.74) is 5.68. The summed E-state index contributed by atoms with van der Waals surface area (Å²) in [6.07, 6.45) is 1.45. The summed E-state index contributed by atoms with van der Waals surface area (Å²) in [5, 5.41) is 21.8. The molecule has 1 saturated heterocycles. The van der Waals surface area contributed by atoms with Crippen molar-refractivity contribution in [3.05, 3.63) is 27.8 Å². The third-order valence-electron chi connectivity index (χ3n) is 4.59. The number of nitrogen functional groups attached to an aromatic ring is 1. The summed E-state index contributed by atoms with van der Waals surface area (Å²) < 4.78 is 5.83. The first kappa shape index (κ1) is 17.8. The van der Waals surface area contributed by atoms with Crippen molar-refractivity contribution in [2.45, 2.75) is 44.4 Å². The van der Waals surface area contributed by atoms with Crippen LogP contribution in [0.2, 0.25) is 0 Å². The lowest BCUT2D eigenvalue weighted by Gasteiger charge is -2.45. The van der Waals surface area contributed by atoms with Crippen molar-refractivity contribution < 1.29 is 14.8 Å². The first-order valence-electron chi connectivity index (χ1n) is 7.50. The maximum atomic E-state index is 11.1. The molecule has 2 aliphatic rings. The standard InChI is InChI=1S/C15H21N3O4.ClH/c1-15(2)14(19)13(17-5-3-4-6-17)9-7-10(16)11(18(20)21)8-12(9)22-15;/h7-8,13-14,19H,3-6,16H2,1-2H3;1H. The Morgan fingerprint density at radius 3 is 2.57 bits per heavy atom. The van der Waals surface area contributed by atoms with Crippen molar-refractivity contribution in [3.63, 3.8) is 0 Å². The molecule has 8 heteroatoms. The van der Waals surface area contributed by atoms with E-state index in [1.54, 1.807) is 19.9 Å². The van der Waals surface area contributed by atoms with Gasteiger partial charge in [-0.05, 0) is 45.8 Å². The lowest BCUT2D eigenvalue weighted by molar-refractivity contribution is -0.384. The molecule has 3 rings (SSSR count). The molecule has 1 fully saturated rings. The Balaban J connectivity index is 0.00000192. The Morgan fingerprint density at radius 1 is 1.39 bits per heavy atom. The predicted molar refractivity (Wildman–Crippen MR) is 89.0 cm³/mol. The minimum absolute atomic E-state index is 0. The molecule has 0 aliphatic carbocycles. The zero-order valence-corrected chi connectivity index (χ0v) is 14.0. The van der Waals surface area contributed by atoms with Crippen molar-refractivity contribution in [2.75, 3.05) is 18.8 Å². The summed E-state index contributed by atoms with van der Waals surface area (Å²) in [6, 6.07) is 2.71. The minimum atomic E-state index is -0.815. The van der Waals surface area contributed by atoms with Crippen LogP contribution in [0.3, 0.4) is 0 Å². The summed E-state index contributed by atoms with van der Waals surface area (Å²) in [5.74, 6) is 0.438. The fraction of sp³-hybridized carbons (Fsp3) is 0.600. The number of halogens is 1. The molecule has 0 spiro atoms. The van der Waals surface area contributed by atoms with Crippen molar-refractivity contribution >= 4 is 23.8 Å². The minimum Gasteiger partial charge on any atom is -0.484 e. The summed E-state index contributed by atoms with van der Waals surface area (Å²) in [7, 11) is 0. The largest absolute Gasteiger partial charge is 0.484 e. The summed E-state index contributed by atoms with van der Waals surface area (Å²) in [4.78, 5) is 12.8. The van der Waals surface area contributed by atoms with E-state index in [0.29, 0.717) is 5.75 Å². The molecule has 0 aromatic heterocycles. The number of likely N-dealkylation sites (tertiary alicyclic amines) is 1. The lowest BCUT2D eigenvalue weighted by atomic mass is 9.85. The fourth-order valence-corrected chi connectivity index (χ4v) is 3.39. The third-order valence-corrected chi connectivity index (χ3v) is 4.59. The van der Waals surface area contributed by atoms with Gasteiger partial charge in [0.05, 0.1) is 17.0 Å². The van der Waals surface area contributed by atoms with Gasteiger partial charge < -0.3 is 15.6 Å². The zero-order valence-electron chi connectivity index (χ0n) is 13.2. The molecule has 0 bridgehead atoms. The molecule has 2 atom stereocenters. The summed E-state index contributed by atoms with van der Waals surface area (Å²) in [6.45, 7) is 5.39. The number of nitro benzene ring substituents is 1. The van der Waals surface area contributed by atoms with Crippen LogP contribution in [-0.4, -0.2) is 39.7 Å². The highest BCUT2D eigenvalue weighted by Gasteiger charge is 2.46. The molecule has 3 N–H and O–H groups in total. The Hall–Kier alpha value is -1.57. The van der Waals surface area contributed by atoms with Crippen LogP contribution in [0, 0.1) is 10.1 Å². The number of nitrogens with two attached hydrogens (primary N) is 1. The van der Waals surface area contributed by atoms with E-state index in [1.165, 1.54) is 6.07 Å². The van der Waals surface area contributed by atoms with Gasteiger partial charge in [0.1, 0.15) is 23.1 Å². The smallest absolute Gasteiger partial charge is 0.295 e. The van der Waals surface area contributed by atoms with Crippen LogP contribution < -0.4 is 10.5 Å². The Labute approximate surface area is 141 Å². The van der Waals surface area contributed by atoms with Gasteiger partial charge in [0, 0.05) is 5.56 Å². The second kappa shape index (κ2) is 6.14. The van der Waals surface area contributed by atoms with Gasteiger partial charge >= 0.3 is 0 Å². The molecule has 0 radical (unpaired) electrons. The molecule has 1 aromatic rings. The average molecular weight is 344 g/mol. The Bertz CT molecular complexity index is 617. The van der Waals surface area contributed by atoms with E-state index in [-0.39, 0.29) is 29.8 Å². The topological polar surface area (TPSA) is 102 Å². The summed E-state index contributed by atoms with van der Waals surface area (Å²) >= 11 is 0. The van der Waals surface area contributed by atoms with E-state index in [4.69, 9.17) is 10.5 Å². The van der Waals surface area contributed by atoms with E-state index < -0.39 is 16.6 Å². The van der Waals surface area contributed by atoms with Crippen LogP contribution >= 0.6 is 12.4 Å². The van der Waals surface area contributed by atoms with E-state index in [2.05, 4.69) is 4.90 Å². The Morgan fingerprint density at radius 2 is 2.00 bits per heavy atom. The number of aliphatic hydroxyl groups excluding tert-OH is 1. The number of fused-ring (bicyclic) bond motifs is 1. The van der Waals surface area contributed by atoms with Crippen molar-refractivity contribution in [1.82, 2.24) is 4.90 Å². The van der Waals surface area contributed by atoms with E-state index >= 15 is 0 Å². The molecule has 7 nitrogen and oxygen atoms in total. The van der Waals surface area contributed by atoms with E-state index in [1.807, 2.05) is 0 Å². The highest BCUT2D eigenvalue weighted by molar-refractivity contribution is 5.85. The first-order chi connectivity index (χ1) is 10.3. The molecule has 128 valence electrons. The van der Waals surface area contributed by atoms with Crippen LogP contribution in [0.15, 0.2) is 12.1 Å². The number of hydrogen-bond donors (Lipinski definition) is 2. The average Bonchev–Trinajstić information content (AvgIpc) is 2.93. The van der Waals surface area contributed by atoms with Gasteiger partial charge in [-0.15, -0.1) is 12.4 Å². The fourth-order valence-electron chi connectivity index (χ4n) is 3.39. The molecular weight excluding hydrogens is 322 g/mol. The van der Waals surface area contributed by atoms with Gasteiger partial charge in [-0.2, -0.15) is 0 Å². The maximum Gasteiger partial charge on any atom is 0.295 e. The van der Waals surface area contributed by atoms with Gasteiger partial charge in [-0.3, -0.25) is 15.0 Å². The predicted octanol–water partition coefficient (Wildman–Crippen LogP) is 2.27. The normalized spacial score (nSPS) is 26.0. The molecule has 2 unspecified atom stereocenters. The lowest BCUT2D eigenvalue weighted by Crippen LogP contribution is -2.53. The SMILES string of the molecule is CC1(C)Oc2cc([N+](=O)[O-])c(N)cc2C(N2CCCC2)C1O.Cl.